The first-order chi connectivity index (χ1) is 9.28. The fraction of sp³-hybridized carbons (Fsp3) is 0.353. The van der Waals surface area contributed by atoms with Crippen LogP contribution < -0.4 is 0 Å². The number of esters is 1. The number of benzene rings is 2. The normalized spacial score (nSPS) is 18.8. The first-order valence-corrected chi connectivity index (χ1v) is 6.97. The second kappa shape index (κ2) is 5.04. The van der Waals surface area contributed by atoms with Crippen LogP contribution in [0.3, 0.4) is 0 Å². The molecular formula is C17H18O2. The summed E-state index contributed by atoms with van der Waals surface area (Å²) < 4.78 is 5.06. The summed E-state index contributed by atoms with van der Waals surface area (Å²) in [5.41, 5.74) is 2.45. The van der Waals surface area contributed by atoms with Crippen LogP contribution in [0.5, 0.6) is 0 Å². The zero-order valence-corrected chi connectivity index (χ0v) is 11.2. The van der Waals surface area contributed by atoms with E-state index in [1.807, 2.05) is 0 Å². The molecule has 0 spiro atoms. The van der Waals surface area contributed by atoms with Gasteiger partial charge in [-0.25, -0.2) is 0 Å². The van der Waals surface area contributed by atoms with E-state index in [1.165, 1.54) is 16.3 Å². The molecule has 0 aliphatic carbocycles. The molecular weight excluding hydrogens is 236 g/mol. The Morgan fingerprint density at radius 3 is 2.74 bits per heavy atom. The van der Waals surface area contributed by atoms with E-state index < -0.39 is 0 Å². The molecule has 3 rings (SSSR count). The summed E-state index contributed by atoms with van der Waals surface area (Å²) in [5, 5.41) is 2.46. The highest BCUT2D eigenvalue weighted by Gasteiger charge is 2.27. The number of aryl methyl sites for hydroxylation is 1. The van der Waals surface area contributed by atoms with Crippen LogP contribution in [0.25, 0.3) is 10.8 Å². The van der Waals surface area contributed by atoms with E-state index in [0.717, 1.165) is 24.8 Å². The molecule has 1 fully saturated rings. The number of fused-ring (bicyclic) bond motifs is 1. The van der Waals surface area contributed by atoms with Crippen molar-refractivity contribution in [1.82, 2.24) is 0 Å². The molecule has 1 atom stereocenters. The van der Waals surface area contributed by atoms with Crippen LogP contribution in [-0.2, 0) is 16.0 Å². The van der Waals surface area contributed by atoms with E-state index in [2.05, 4.69) is 43.3 Å². The summed E-state index contributed by atoms with van der Waals surface area (Å²) in [6, 6.07) is 12.9. The van der Waals surface area contributed by atoms with Crippen molar-refractivity contribution in [3.63, 3.8) is 0 Å². The molecule has 1 aliphatic rings. The third-order valence-corrected chi connectivity index (χ3v) is 3.81. The summed E-state index contributed by atoms with van der Waals surface area (Å²) >= 11 is 0. The second-order valence-electron chi connectivity index (χ2n) is 5.20. The van der Waals surface area contributed by atoms with E-state index >= 15 is 0 Å². The highest BCUT2D eigenvalue weighted by molar-refractivity contribution is 5.87. The van der Waals surface area contributed by atoms with Crippen molar-refractivity contribution in [1.29, 1.82) is 0 Å². The van der Waals surface area contributed by atoms with Gasteiger partial charge in [-0.1, -0.05) is 49.7 Å². The summed E-state index contributed by atoms with van der Waals surface area (Å²) in [6.45, 7) is 2.74. The van der Waals surface area contributed by atoms with Crippen LogP contribution in [0.1, 0.15) is 36.8 Å². The fourth-order valence-corrected chi connectivity index (χ4v) is 2.77. The van der Waals surface area contributed by atoms with Crippen LogP contribution in [0, 0.1) is 0 Å². The Balaban J connectivity index is 2.00. The standard InChI is InChI=1S/C17H18O2/c1-2-3-12-4-5-13-6-7-14(11-15(13)10-12)16-8-9-19-17(16)18/h4-7,10-11,16H,2-3,8-9H2,1H3. The molecule has 0 N–H and O–H groups in total. The van der Waals surface area contributed by atoms with Crippen molar-refractivity contribution in [3.05, 3.63) is 47.5 Å². The Labute approximate surface area is 113 Å². The zero-order valence-electron chi connectivity index (χ0n) is 11.2. The number of hydrogen-bond donors (Lipinski definition) is 0. The minimum Gasteiger partial charge on any atom is -0.465 e. The summed E-state index contributed by atoms with van der Waals surface area (Å²) in [6.07, 6.45) is 3.06. The minimum atomic E-state index is -0.0796. The van der Waals surface area contributed by atoms with Crippen LogP contribution >= 0.6 is 0 Å². The molecule has 0 aromatic heterocycles. The summed E-state index contributed by atoms with van der Waals surface area (Å²) in [7, 11) is 0. The molecule has 0 bridgehead atoms. The Morgan fingerprint density at radius 2 is 2.00 bits per heavy atom. The fourth-order valence-electron chi connectivity index (χ4n) is 2.77. The van der Waals surface area contributed by atoms with Gasteiger partial charge in [-0.15, -0.1) is 0 Å². The molecule has 1 aliphatic heterocycles. The molecule has 98 valence electrons. The van der Waals surface area contributed by atoms with Gasteiger partial charge in [0.1, 0.15) is 0 Å². The largest absolute Gasteiger partial charge is 0.465 e. The maximum atomic E-state index is 11.7. The monoisotopic (exact) mass is 254 g/mol. The lowest BCUT2D eigenvalue weighted by Crippen LogP contribution is -2.05. The van der Waals surface area contributed by atoms with Gasteiger partial charge in [0.25, 0.3) is 0 Å². The van der Waals surface area contributed by atoms with Crippen LogP contribution in [-0.4, -0.2) is 12.6 Å². The van der Waals surface area contributed by atoms with E-state index in [-0.39, 0.29) is 11.9 Å². The first kappa shape index (κ1) is 12.2. The number of hydrogen-bond acceptors (Lipinski definition) is 2. The SMILES string of the molecule is CCCc1ccc2ccc(C3CCOC3=O)cc2c1. The molecule has 1 saturated heterocycles. The zero-order chi connectivity index (χ0) is 13.2. The predicted octanol–water partition coefficient (Wildman–Crippen LogP) is 3.82. The Bertz CT molecular complexity index is 616. The molecule has 19 heavy (non-hydrogen) atoms. The van der Waals surface area contributed by atoms with E-state index in [9.17, 15) is 4.79 Å². The van der Waals surface area contributed by atoms with Crippen molar-refractivity contribution in [2.24, 2.45) is 0 Å². The number of ether oxygens (including phenoxy) is 1. The minimum absolute atomic E-state index is 0.0702. The van der Waals surface area contributed by atoms with Crippen molar-refractivity contribution < 1.29 is 9.53 Å². The molecule has 2 aromatic rings. The quantitative estimate of drug-likeness (QED) is 0.778. The van der Waals surface area contributed by atoms with Gasteiger partial charge in [-0.05, 0) is 34.7 Å². The van der Waals surface area contributed by atoms with E-state index in [1.54, 1.807) is 0 Å². The van der Waals surface area contributed by atoms with Crippen LogP contribution in [0.15, 0.2) is 36.4 Å². The summed E-state index contributed by atoms with van der Waals surface area (Å²) in [5.74, 6) is -0.150. The van der Waals surface area contributed by atoms with Gasteiger partial charge in [0.05, 0.1) is 12.5 Å². The third-order valence-electron chi connectivity index (χ3n) is 3.81. The molecule has 1 unspecified atom stereocenters. The van der Waals surface area contributed by atoms with Gasteiger partial charge < -0.3 is 4.74 Å². The summed E-state index contributed by atoms with van der Waals surface area (Å²) in [4.78, 5) is 11.7. The third kappa shape index (κ3) is 2.35. The number of rotatable bonds is 3. The van der Waals surface area contributed by atoms with Gasteiger partial charge in [-0.3, -0.25) is 4.79 Å². The Kier molecular flexibility index (Phi) is 3.24. The van der Waals surface area contributed by atoms with Gasteiger partial charge in [0, 0.05) is 0 Å². The van der Waals surface area contributed by atoms with Crippen LogP contribution in [0.4, 0.5) is 0 Å². The number of carbonyl (C=O) groups is 1. The van der Waals surface area contributed by atoms with Crippen molar-refractivity contribution in [2.45, 2.75) is 32.1 Å². The van der Waals surface area contributed by atoms with E-state index in [4.69, 9.17) is 4.74 Å². The number of carbonyl (C=O) groups excluding carboxylic acids is 1. The smallest absolute Gasteiger partial charge is 0.313 e. The lowest BCUT2D eigenvalue weighted by Gasteiger charge is -2.08. The first-order valence-electron chi connectivity index (χ1n) is 6.97. The van der Waals surface area contributed by atoms with Crippen molar-refractivity contribution in [2.75, 3.05) is 6.61 Å². The molecule has 2 heteroatoms. The van der Waals surface area contributed by atoms with E-state index in [0.29, 0.717) is 6.61 Å². The average Bonchev–Trinajstić information content (AvgIpc) is 2.84. The lowest BCUT2D eigenvalue weighted by molar-refractivity contribution is -0.139. The van der Waals surface area contributed by atoms with Gasteiger partial charge in [0.15, 0.2) is 0 Å². The highest BCUT2D eigenvalue weighted by atomic mass is 16.5. The second-order valence-corrected chi connectivity index (χ2v) is 5.20. The van der Waals surface area contributed by atoms with Crippen molar-refractivity contribution in [3.8, 4) is 0 Å². The number of cyclic esters (lactones) is 1. The molecule has 0 radical (unpaired) electrons. The topological polar surface area (TPSA) is 26.3 Å². The Hall–Kier alpha value is -1.83. The molecule has 1 heterocycles. The van der Waals surface area contributed by atoms with Gasteiger partial charge in [-0.2, -0.15) is 0 Å². The van der Waals surface area contributed by atoms with Crippen molar-refractivity contribution >= 4 is 16.7 Å². The maximum Gasteiger partial charge on any atom is 0.313 e. The average molecular weight is 254 g/mol. The lowest BCUT2D eigenvalue weighted by atomic mass is 9.94. The molecule has 2 nitrogen and oxygen atoms in total. The van der Waals surface area contributed by atoms with Gasteiger partial charge in [0.2, 0.25) is 0 Å². The molecule has 2 aromatic carbocycles. The molecule has 0 saturated carbocycles. The predicted molar refractivity (Wildman–Crippen MR) is 76.3 cm³/mol. The van der Waals surface area contributed by atoms with Gasteiger partial charge >= 0.3 is 5.97 Å². The van der Waals surface area contributed by atoms with Crippen LogP contribution in [0.2, 0.25) is 0 Å². The highest BCUT2D eigenvalue weighted by Crippen LogP contribution is 2.29. The maximum absolute atomic E-state index is 11.7. The Morgan fingerprint density at radius 1 is 1.16 bits per heavy atom. The molecule has 0 amide bonds.